The molecule has 0 saturated carbocycles. The third-order valence-electron chi connectivity index (χ3n) is 11.6. The van der Waals surface area contributed by atoms with Crippen LogP contribution in [0.3, 0.4) is 0 Å². The van der Waals surface area contributed by atoms with Crippen LogP contribution < -0.4 is 11.4 Å². The molecule has 3 rings (SSSR count). The topological polar surface area (TPSA) is 278 Å². The maximum atomic E-state index is 12.9. The Balaban J connectivity index is 1.41. The highest BCUT2D eigenvalue weighted by atomic mass is 31.3. The second-order valence-electron chi connectivity index (χ2n) is 18.0. The fourth-order valence-electron chi connectivity index (χ4n) is 7.43. The van der Waals surface area contributed by atoms with E-state index >= 15 is 0 Å². The Labute approximate surface area is 443 Å². The van der Waals surface area contributed by atoms with E-state index in [0.717, 1.165) is 87.8 Å². The number of esters is 2. The van der Waals surface area contributed by atoms with Gasteiger partial charge in [-0.05, 0) is 96.0 Å². The Bertz CT molecular complexity index is 2210. The number of allylic oxidation sites excluding steroid dienone is 15. The van der Waals surface area contributed by atoms with Gasteiger partial charge in [0.1, 0.15) is 30.7 Å². The van der Waals surface area contributed by atoms with Crippen molar-refractivity contribution in [3.05, 3.63) is 120 Å². The number of nitrogens with two attached hydrogens (primary N) is 1. The maximum Gasteiger partial charge on any atom is 0.481 e. The number of ether oxygens (including phenoxy) is 4. The molecule has 1 aromatic heterocycles. The van der Waals surface area contributed by atoms with E-state index in [1.807, 2.05) is 12.2 Å². The number of aliphatic hydroxyl groups excluding tert-OH is 2. The van der Waals surface area contributed by atoms with Gasteiger partial charge < -0.3 is 44.7 Å². The molecule has 0 bridgehead atoms. The molecular weight excluding hydrogens is 1010 g/mol. The van der Waals surface area contributed by atoms with Crippen molar-refractivity contribution in [3.63, 3.8) is 0 Å². The summed E-state index contributed by atoms with van der Waals surface area (Å²) in [4.78, 5) is 62.0. The lowest BCUT2D eigenvalue weighted by molar-refractivity contribution is -0.161. The molecule has 2 saturated heterocycles. The number of phosphoric acid groups is 2. The number of phosphoric ester groups is 2. The predicted octanol–water partition coefficient (Wildman–Crippen LogP) is 10.2. The third kappa shape index (κ3) is 30.2. The van der Waals surface area contributed by atoms with Gasteiger partial charge in [0.25, 0.3) is 0 Å². The van der Waals surface area contributed by atoms with Crippen molar-refractivity contribution in [1.82, 2.24) is 9.55 Å². The normalized spacial score (nSPS) is 22.3. The summed E-state index contributed by atoms with van der Waals surface area (Å²) in [5.41, 5.74) is 4.58. The van der Waals surface area contributed by atoms with Gasteiger partial charge in [0.05, 0.1) is 25.4 Å². The van der Waals surface area contributed by atoms with E-state index in [4.69, 9.17) is 33.7 Å². The Hall–Kier alpha value is -4.36. The zero-order valence-corrected chi connectivity index (χ0v) is 45.5. The molecule has 21 heteroatoms. The lowest BCUT2D eigenvalue weighted by Gasteiger charge is -2.21. The highest BCUT2D eigenvalue weighted by molar-refractivity contribution is 7.61. The first-order valence-electron chi connectivity index (χ1n) is 26.4. The Morgan fingerprint density at radius 1 is 0.680 bits per heavy atom. The molecule has 0 aromatic carbocycles. The van der Waals surface area contributed by atoms with Gasteiger partial charge in [-0.2, -0.15) is 9.29 Å². The molecule has 0 radical (unpaired) electrons. The smallest absolute Gasteiger partial charge is 0.462 e. The minimum atomic E-state index is -5.45. The Morgan fingerprint density at radius 3 is 1.87 bits per heavy atom. The van der Waals surface area contributed by atoms with E-state index < -0.39 is 83.7 Å². The highest BCUT2D eigenvalue weighted by Gasteiger charge is 2.46. The lowest BCUT2D eigenvalue weighted by atomic mass is 10.1. The van der Waals surface area contributed by atoms with Crippen LogP contribution in [0.25, 0.3) is 0 Å². The number of hydrogen-bond acceptors (Lipinski definition) is 16. The fourth-order valence-corrected chi connectivity index (χ4v) is 9.54. The average Bonchev–Trinajstić information content (AvgIpc) is 4.06. The molecule has 2 fully saturated rings. The Morgan fingerprint density at radius 2 is 1.25 bits per heavy atom. The summed E-state index contributed by atoms with van der Waals surface area (Å²) in [6, 6.07) is 1.24. The van der Waals surface area contributed by atoms with Crippen molar-refractivity contribution in [2.75, 3.05) is 25.6 Å². The van der Waals surface area contributed by atoms with Gasteiger partial charge in [0, 0.05) is 19.0 Å². The van der Waals surface area contributed by atoms with Crippen LogP contribution in [0.1, 0.15) is 148 Å². The van der Waals surface area contributed by atoms with Gasteiger partial charge in [0.15, 0.2) is 12.3 Å². The van der Waals surface area contributed by atoms with Gasteiger partial charge in [-0.15, -0.1) is 0 Å². The van der Waals surface area contributed by atoms with Gasteiger partial charge in [-0.3, -0.25) is 23.2 Å². The largest absolute Gasteiger partial charge is 0.481 e. The average molecular weight is 1090 g/mol. The van der Waals surface area contributed by atoms with E-state index in [-0.39, 0.29) is 18.7 Å². The van der Waals surface area contributed by atoms with Crippen molar-refractivity contribution in [3.8, 4) is 0 Å². The molecule has 0 aliphatic carbocycles. The standard InChI is InChI=1S/C54H83N3O16P2/c1-3-5-7-8-9-10-11-12-13-14-15-16-17-18-19-23-26-29-33-37-49(58)67-41-44(70-50(59)38-34-30-27-24-21-20-22-25-28-32-36-46-45(71-46)35-31-6-4-2)42-68-74(63,64)73-75(65,66)69-43-47-51(60)52(61)53(72-47)57-40-39-48(55)56-54(57)62/h5,7,9-10,12-13,15-16,18-20,22,24,27-28,32,39-40,44-47,51-53,60-61H,3-4,6,8,11,14,17,21,23,25-26,29-31,33-38,41-43H2,1-2H3,(H,63,64)(H,65,66)(H2,55,56,62)/b7-5-,10-9-,13-12-,16-15-,19-18-,22-20-,27-24-,32-28-/t44-,45?,46?,47-,51-,52-,53-/m1/s1. The zero-order valence-electron chi connectivity index (χ0n) is 43.8. The number of rotatable bonds is 41. The van der Waals surface area contributed by atoms with Crippen LogP contribution in [0, 0.1) is 0 Å². The number of aromatic nitrogens is 2. The number of nitrogens with zero attached hydrogens (tertiary/aromatic N) is 2. The first-order valence-corrected chi connectivity index (χ1v) is 29.4. The molecule has 6 N–H and O–H groups in total. The van der Waals surface area contributed by atoms with Crippen molar-refractivity contribution < 1.29 is 71.0 Å². The summed E-state index contributed by atoms with van der Waals surface area (Å²) in [6.07, 6.45) is 43.8. The first kappa shape index (κ1) is 64.9. The summed E-state index contributed by atoms with van der Waals surface area (Å²) >= 11 is 0. The maximum absolute atomic E-state index is 12.9. The molecule has 0 spiro atoms. The molecule has 19 nitrogen and oxygen atoms in total. The fraction of sp³-hybridized carbons (Fsp3) is 0.593. The lowest BCUT2D eigenvalue weighted by Crippen LogP contribution is -2.36. The number of aliphatic hydroxyl groups is 2. The highest BCUT2D eigenvalue weighted by Crippen LogP contribution is 2.60. The summed E-state index contributed by atoms with van der Waals surface area (Å²) in [6.45, 7) is 1.91. The van der Waals surface area contributed by atoms with E-state index in [9.17, 15) is 43.5 Å². The summed E-state index contributed by atoms with van der Waals surface area (Å²) in [5, 5.41) is 20.9. The number of carbonyl (C=O) groups is 2. The molecule has 1 aromatic rings. The van der Waals surface area contributed by atoms with Gasteiger partial charge in [-0.1, -0.05) is 137 Å². The molecule has 0 amide bonds. The third-order valence-corrected chi connectivity index (χ3v) is 14.2. The number of nitrogen functional groups attached to an aromatic ring is 1. The van der Waals surface area contributed by atoms with Gasteiger partial charge >= 0.3 is 33.3 Å². The van der Waals surface area contributed by atoms with Crippen LogP contribution >= 0.6 is 15.6 Å². The monoisotopic (exact) mass is 1090 g/mol. The number of hydrogen-bond donors (Lipinski definition) is 5. The van der Waals surface area contributed by atoms with Crippen molar-refractivity contribution in [2.45, 2.75) is 185 Å². The minimum absolute atomic E-state index is 0.0431. The van der Waals surface area contributed by atoms with Crippen molar-refractivity contribution in [2.24, 2.45) is 0 Å². The Kier molecular flexibility index (Phi) is 33.1. The SMILES string of the molecule is CC/C=C\C/C=C\C/C=C\C/C=C\C/C=C\CCCCCC(=O)OC[C@H](COP(=O)(O)OP(=O)(O)OC[C@H]1O[C@@H](n2ccc(N)nc2=O)[C@H](O)[C@@H]1O)OC(=O)CCC/C=C\C/C=C\C/C=C\CC1OC1CCCCC. The van der Waals surface area contributed by atoms with E-state index in [2.05, 4.69) is 108 Å². The van der Waals surface area contributed by atoms with Crippen LogP contribution in [0.4, 0.5) is 5.82 Å². The van der Waals surface area contributed by atoms with Crippen LogP contribution in [0.5, 0.6) is 0 Å². The zero-order chi connectivity index (χ0) is 54.6. The molecule has 2 aliphatic rings. The molecular formula is C54H83N3O16P2. The minimum Gasteiger partial charge on any atom is -0.462 e. The van der Waals surface area contributed by atoms with Crippen LogP contribution in [0.15, 0.2) is 114 Å². The van der Waals surface area contributed by atoms with Gasteiger partial charge in [-0.25, -0.2) is 13.9 Å². The van der Waals surface area contributed by atoms with Crippen LogP contribution in [-0.2, 0) is 51.0 Å². The first-order chi connectivity index (χ1) is 36.1. The summed E-state index contributed by atoms with van der Waals surface area (Å²) in [5.74, 6) is -1.42. The van der Waals surface area contributed by atoms with E-state index in [1.54, 1.807) is 0 Å². The van der Waals surface area contributed by atoms with Crippen molar-refractivity contribution >= 4 is 33.4 Å². The van der Waals surface area contributed by atoms with Gasteiger partial charge in [0.2, 0.25) is 0 Å². The van der Waals surface area contributed by atoms with Crippen LogP contribution in [0.2, 0.25) is 0 Å². The molecule has 2 aliphatic heterocycles. The van der Waals surface area contributed by atoms with Crippen molar-refractivity contribution in [1.29, 1.82) is 0 Å². The molecule has 4 unspecified atom stereocenters. The molecule has 9 atom stereocenters. The van der Waals surface area contributed by atoms with E-state index in [0.29, 0.717) is 31.5 Å². The molecule has 75 heavy (non-hydrogen) atoms. The number of anilines is 1. The molecule has 420 valence electrons. The summed E-state index contributed by atoms with van der Waals surface area (Å²) in [7, 11) is -10.9. The second-order valence-corrected chi connectivity index (χ2v) is 21.1. The van der Waals surface area contributed by atoms with Crippen LogP contribution in [-0.4, -0.2) is 97.9 Å². The second kappa shape index (κ2) is 38.2. The number of unbranched alkanes of at least 4 members (excludes halogenated alkanes) is 6. The van der Waals surface area contributed by atoms with E-state index in [1.165, 1.54) is 25.3 Å². The quantitative estimate of drug-likeness (QED) is 0.0134. The molecule has 3 heterocycles. The summed E-state index contributed by atoms with van der Waals surface area (Å²) < 4.78 is 62.5. The predicted molar refractivity (Wildman–Crippen MR) is 288 cm³/mol. The number of carbonyl (C=O) groups excluding carboxylic acids is 2. The number of epoxide rings is 1.